The van der Waals surface area contributed by atoms with E-state index in [1.807, 2.05) is 4.90 Å². The Bertz CT molecular complexity index is 581. The zero-order chi connectivity index (χ0) is 17.3. The molecule has 0 spiro atoms. The van der Waals surface area contributed by atoms with Gasteiger partial charge >= 0.3 is 10.1 Å². The van der Waals surface area contributed by atoms with Crippen molar-refractivity contribution >= 4 is 16.0 Å². The molecule has 0 fully saturated rings. The second-order valence-electron chi connectivity index (χ2n) is 5.70. The third-order valence-electron chi connectivity index (χ3n) is 3.42. The minimum Gasteiger partial charge on any atom is -0.383 e. The molecule has 5 nitrogen and oxygen atoms in total. The van der Waals surface area contributed by atoms with Crippen LogP contribution in [-0.2, 0) is 21.5 Å². The van der Waals surface area contributed by atoms with Gasteiger partial charge in [-0.15, -0.1) is 0 Å². The Kier molecular flexibility index (Phi) is 8.09. The molecule has 6 heteroatoms. The van der Waals surface area contributed by atoms with Gasteiger partial charge in [-0.25, -0.2) is 0 Å². The lowest BCUT2D eigenvalue weighted by Gasteiger charge is -2.23. The summed E-state index contributed by atoms with van der Waals surface area (Å²) in [6.07, 6.45) is 5.52. The van der Waals surface area contributed by atoms with Crippen molar-refractivity contribution in [3.8, 4) is 5.75 Å². The Morgan fingerprint density at radius 3 is 2.22 bits per heavy atom. The Hall–Kier alpha value is -1.56. The summed E-state index contributed by atoms with van der Waals surface area (Å²) in [4.78, 5) is 14.2. The fourth-order valence-electron chi connectivity index (χ4n) is 2.17. The quantitative estimate of drug-likeness (QED) is 0.612. The van der Waals surface area contributed by atoms with Gasteiger partial charge in [0.25, 0.3) is 0 Å². The predicted octanol–water partition coefficient (Wildman–Crippen LogP) is 3.34. The highest BCUT2D eigenvalue weighted by atomic mass is 32.2. The number of amides is 1. The molecule has 0 N–H and O–H groups in total. The fourth-order valence-corrected chi connectivity index (χ4v) is 2.63. The van der Waals surface area contributed by atoms with E-state index in [4.69, 9.17) is 4.18 Å². The molecular weight excluding hydrogens is 314 g/mol. The predicted molar refractivity (Wildman–Crippen MR) is 91.8 cm³/mol. The molecule has 0 bridgehead atoms. The van der Waals surface area contributed by atoms with Crippen LogP contribution in [0.4, 0.5) is 0 Å². The zero-order valence-corrected chi connectivity index (χ0v) is 15.1. The van der Waals surface area contributed by atoms with Crippen molar-refractivity contribution in [1.29, 1.82) is 0 Å². The third kappa shape index (κ3) is 8.02. The maximum atomic E-state index is 12.3. The van der Waals surface area contributed by atoms with Gasteiger partial charge in [0.2, 0.25) is 5.91 Å². The second kappa shape index (κ2) is 9.55. The van der Waals surface area contributed by atoms with Crippen LogP contribution in [0.15, 0.2) is 24.3 Å². The number of hydrogen-bond donors (Lipinski definition) is 0. The lowest BCUT2D eigenvalue weighted by Crippen LogP contribution is -2.31. The van der Waals surface area contributed by atoms with Crippen molar-refractivity contribution < 1.29 is 17.4 Å². The maximum absolute atomic E-state index is 12.3. The van der Waals surface area contributed by atoms with Crippen molar-refractivity contribution in [3.63, 3.8) is 0 Å². The molecular formula is C17H27NO4S. The van der Waals surface area contributed by atoms with E-state index in [0.717, 1.165) is 44.0 Å². The summed E-state index contributed by atoms with van der Waals surface area (Å²) < 4.78 is 27.0. The highest BCUT2D eigenvalue weighted by Crippen LogP contribution is 2.16. The van der Waals surface area contributed by atoms with Gasteiger partial charge in [-0.2, -0.15) is 8.42 Å². The van der Waals surface area contributed by atoms with Crippen LogP contribution in [0.1, 0.15) is 51.5 Å². The topological polar surface area (TPSA) is 63.7 Å². The second-order valence-corrected chi connectivity index (χ2v) is 7.28. The zero-order valence-electron chi connectivity index (χ0n) is 14.2. The molecule has 0 saturated carbocycles. The van der Waals surface area contributed by atoms with E-state index in [2.05, 4.69) is 13.8 Å². The molecule has 0 unspecified atom stereocenters. The largest absolute Gasteiger partial charge is 0.383 e. The van der Waals surface area contributed by atoms with Gasteiger partial charge in [-0.1, -0.05) is 38.8 Å². The van der Waals surface area contributed by atoms with Crippen molar-refractivity contribution in [2.45, 2.75) is 52.5 Å². The molecule has 23 heavy (non-hydrogen) atoms. The van der Waals surface area contributed by atoms with Crippen LogP contribution in [0.3, 0.4) is 0 Å². The maximum Gasteiger partial charge on any atom is 0.306 e. The first-order chi connectivity index (χ1) is 10.9. The van der Waals surface area contributed by atoms with Gasteiger partial charge in [-0.05, 0) is 30.5 Å². The minimum atomic E-state index is -3.51. The number of nitrogens with zero attached hydrogens (tertiary/aromatic N) is 1. The van der Waals surface area contributed by atoms with Gasteiger partial charge in [0.1, 0.15) is 5.75 Å². The van der Waals surface area contributed by atoms with E-state index in [9.17, 15) is 13.2 Å². The summed E-state index contributed by atoms with van der Waals surface area (Å²) in [5, 5.41) is 0. The van der Waals surface area contributed by atoms with Crippen molar-refractivity contribution in [2.75, 3.05) is 12.8 Å². The van der Waals surface area contributed by atoms with Crippen LogP contribution < -0.4 is 4.18 Å². The number of carbonyl (C=O) groups is 1. The van der Waals surface area contributed by atoms with Crippen LogP contribution in [-0.4, -0.2) is 32.0 Å². The number of unbranched alkanes of at least 4 members (excludes halogenated alkanes) is 2. The lowest BCUT2D eigenvalue weighted by atomic mass is 10.1. The van der Waals surface area contributed by atoms with Gasteiger partial charge in [0, 0.05) is 19.5 Å². The van der Waals surface area contributed by atoms with Gasteiger partial charge in [0.15, 0.2) is 0 Å². The normalized spacial score (nSPS) is 11.3. The molecule has 1 amide bonds. The SMILES string of the molecule is CCCCC(=O)N(CCCC)Cc1ccc(OS(C)(=O)=O)cc1. The number of benzene rings is 1. The smallest absolute Gasteiger partial charge is 0.306 e. The highest BCUT2D eigenvalue weighted by molar-refractivity contribution is 7.86. The van der Waals surface area contributed by atoms with E-state index in [1.165, 1.54) is 0 Å². The Balaban J connectivity index is 2.72. The van der Waals surface area contributed by atoms with Crippen LogP contribution in [0.5, 0.6) is 5.75 Å². The summed E-state index contributed by atoms with van der Waals surface area (Å²) in [6.45, 7) is 5.47. The molecule has 1 aromatic carbocycles. The fraction of sp³-hybridized carbons (Fsp3) is 0.588. The Labute approximate surface area is 139 Å². The number of hydrogen-bond acceptors (Lipinski definition) is 4. The first-order valence-electron chi connectivity index (χ1n) is 8.12. The van der Waals surface area contributed by atoms with Crippen LogP contribution in [0, 0.1) is 0 Å². The van der Waals surface area contributed by atoms with E-state index in [1.54, 1.807) is 24.3 Å². The number of rotatable bonds is 10. The van der Waals surface area contributed by atoms with E-state index >= 15 is 0 Å². The third-order valence-corrected chi connectivity index (χ3v) is 3.92. The summed E-state index contributed by atoms with van der Waals surface area (Å²) in [7, 11) is -3.51. The summed E-state index contributed by atoms with van der Waals surface area (Å²) >= 11 is 0. The molecule has 0 aliphatic heterocycles. The molecule has 0 radical (unpaired) electrons. The molecule has 0 heterocycles. The summed E-state index contributed by atoms with van der Waals surface area (Å²) in [5.41, 5.74) is 0.965. The van der Waals surface area contributed by atoms with Gasteiger partial charge in [-0.3, -0.25) is 4.79 Å². The van der Waals surface area contributed by atoms with Gasteiger partial charge < -0.3 is 9.08 Å². The van der Waals surface area contributed by atoms with E-state index < -0.39 is 10.1 Å². The Morgan fingerprint density at radius 2 is 1.70 bits per heavy atom. The monoisotopic (exact) mass is 341 g/mol. The van der Waals surface area contributed by atoms with Crippen molar-refractivity contribution in [1.82, 2.24) is 4.90 Å². The van der Waals surface area contributed by atoms with Crippen LogP contribution >= 0.6 is 0 Å². The average Bonchev–Trinajstić information content (AvgIpc) is 2.49. The molecule has 0 atom stereocenters. The minimum absolute atomic E-state index is 0.178. The van der Waals surface area contributed by atoms with Crippen LogP contribution in [0.25, 0.3) is 0 Å². The molecule has 0 saturated heterocycles. The summed E-state index contributed by atoms with van der Waals surface area (Å²) in [6, 6.07) is 6.83. The van der Waals surface area contributed by atoms with Gasteiger partial charge in [0.05, 0.1) is 6.26 Å². The molecule has 0 aliphatic rings. The van der Waals surface area contributed by atoms with Crippen LogP contribution in [0.2, 0.25) is 0 Å². The van der Waals surface area contributed by atoms with E-state index in [-0.39, 0.29) is 11.7 Å². The number of carbonyl (C=O) groups excluding carboxylic acids is 1. The van der Waals surface area contributed by atoms with Crippen molar-refractivity contribution in [2.24, 2.45) is 0 Å². The first kappa shape index (κ1) is 19.5. The van der Waals surface area contributed by atoms with Crippen molar-refractivity contribution in [3.05, 3.63) is 29.8 Å². The molecule has 130 valence electrons. The highest BCUT2D eigenvalue weighted by Gasteiger charge is 2.13. The molecule has 0 aliphatic carbocycles. The standard InChI is InChI=1S/C17H27NO4S/c1-4-6-8-17(19)18(13-7-5-2)14-15-9-11-16(12-10-15)22-23(3,20)21/h9-12H,4-8,13-14H2,1-3H3. The molecule has 1 aromatic rings. The molecule has 0 aromatic heterocycles. The first-order valence-corrected chi connectivity index (χ1v) is 9.93. The Morgan fingerprint density at radius 1 is 1.09 bits per heavy atom. The average molecular weight is 341 g/mol. The molecule has 1 rings (SSSR count). The van der Waals surface area contributed by atoms with E-state index in [0.29, 0.717) is 13.0 Å². The lowest BCUT2D eigenvalue weighted by molar-refractivity contribution is -0.132. The summed E-state index contributed by atoms with van der Waals surface area (Å²) in [5.74, 6) is 0.463.